The highest BCUT2D eigenvalue weighted by atomic mass is 32.2. The Kier molecular flexibility index (Phi) is 4.99. The van der Waals surface area contributed by atoms with Crippen LogP contribution in [0.3, 0.4) is 0 Å². The highest BCUT2D eigenvalue weighted by Crippen LogP contribution is 2.30. The number of hydrogen-bond acceptors (Lipinski definition) is 4. The molecule has 0 aliphatic carbocycles. The minimum absolute atomic E-state index is 0.321. The molecule has 0 unspecified atom stereocenters. The third kappa shape index (κ3) is 4.27. The Morgan fingerprint density at radius 3 is 2.56 bits per heavy atom. The van der Waals surface area contributed by atoms with E-state index in [2.05, 4.69) is 4.98 Å². The fraction of sp³-hybridized carbons (Fsp3) is 0.364. The lowest BCUT2D eigenvalue weighted by Gasteiger charge is -2.07. The van der Waals surface area contributed by atoms with Crippen molar-refractivity contribution >= 4 is 11.8 Å². The molecule has 7 heteroatoms. The topological polar surface area (TPSA) is 60.5 Å². The zero-order valence-electron chi connectivity index (χ0n) is 9.11. The molecule has 0 aliphatic rings. The number of pyridine rings is 1. The third-order valence-corrected chi connectivity index (χ3v) is 3.04. The van der Waals surface area contributed by atoms with Gasteiger partial charge in [0.25, 0.3) is 0 Å². The molecule has 0 radical (unpaired) electrons. The van der Waals surface area contributed by atoms with Gasteiger partial charge in [-0.1, -0.05) is 0 Å². The van der Waals surface area contributed by atoms with Gasteiger partial charge in [-0.15, -0.1) is 11.8 Å². The molecule has 94 valence electrons. The summed E-state index contributed by atoms with van der Waals surface area (Å²) in [4.78, 5) is 3.67. The van der Waals surface area contributed by atoms with Crippen LogP contribution in [0.15, 0.2) is 23.2 Å². The van der Waals surface area contributed by atoms with E-state index in [1.807, 2.05) is 0 Å². The minimum Gasteiger partial charge on any atom is -0.252 e. The molecular formula is C11H8F3N3S. The summed E-state index contributed by atoms with van der Waals surface area (Å²) in [5.41, 5.74) is -0.940. The number of nitrogens with zero attached hydrogens (tertiary/aromatic N) is 3. The predicted molar refractivity (Wildman–Crippen MR) is 59.3 cm³/mol. The second-order valence-electron chi connectivity index (χ2n) is 3.32. The van der Waals surface area contributed by atoms with Gasteiger partial charge in [-0.2, -0.15) is 23.7 Å². The average Bonchev–Trinajstić information content (AvgIpc) is 2.34. The summed E-state index contributed by atoms with van der Waals surface area (Å²) >= 11 is 1.17. The number of aromatic nitrogens is 1. The smallest absolute Gasteiger partial charge is 0.252 e. The summed E-state index contributed by atoms with van der Waals surface area (Å²) in [6.07, 6.45) is -3.04. The molecule has 1 heterocycles. The summed E-state index contributed by atoms with van der Waals surface area (Å²) in [5, 5.41) is 17.1. The number of halogens is 3. The van der Waals surface area contributed by atoms with E-state index >= 15 is 0 Å². The van der Waals surface area contributed by atoms with Gasteiger partial charge in [0, 0.05) is 16.8 Å². The zero-order valence-corrected chi connectivity index (χ0v) is 9.92. The van der Waals surface area contributed by atoms with Crippen molar-refractivity contribution in [1.82, 2.24) is 4.98 Å². The molecule has 0 spiro atoms. The van der Waals surface area contributed by atoms with E-state index < -0.39 is 17.8 Å². The number of rotatable bonds is 4. The van der Waals surface area contributed by atoms with E-state index in [-0.39, 0.29) is 0 Å². The summed E-state index contributed by atoms with van der Waals surface area (Å²) in [6, 6.07) is 6.04. The lowest BCUT2D eigenvalue weighted by molar-refractivity contribution is -0.141. The molecule has 0 amide bonds. The van der Waals surface area contributed by atoms with Crippen LogP contribution >= 0.6 is 11.8 Å². The monoisotopic (exact) mass is 271 g/mol. The normalized spacial score (nSPS) is 11.0. The average molecular weight is 271 g/mol. The maximum Gasteiger partial charge on any atom is 0.433 e. The van der Waals surface area contributed by atoms with Crippen molar-refractivity contribution in [2.75, 3.05) is 5.75 Å². The molecule has 0 aliphatic heterocycles. The first-order valence-corrected chi connectivity index (χ1v) is 5.91. The Balaban J connectivity index is 2.60. The second-order valence-corrected chi connectivity index (χ2v) is 4.49. The highest BCUT2D eigenvalue weighted by molar-refractivity contribution is 7.99. The lowest BCUT2D eigenvalue weighted by atomic mass is 10.1. The van der Waals surface area contributed by atoms with E-state index in [0.29, 0.717) is 17.1 Å². The molecule has 0 saturated carbocycles. The standard InChI is InChI=1S/C11H8F3N3S/c12-11(13,14)10-5-9(1-3-17-10)18-4-2-8(6-15)7-16/h1,3,5,8H,2,4H2. The lowest BCUT2D eigenvalue weighted by Crippen LogP contribution is -2.07. The first kappa shape index (κ1) is 14.3. The fourth-order valence-corrected chi connectivity index (χ4v) is 2.05. The number of thioether (sulfide) groups is 1. The van der Waals surface area contributed by atoms with Crippen molar-refractivity contribution in [2.45, 2.75) is 17.5 Å². The molecule has 18 heavy (non-hydrogen) atoms. The van der Waals surface area contributed by atoms with E-state index in [0.717, 1.165) is 12.3 Å². The van der Waals surface area contributed by atoms with Crippen molar-refractivity contribution in [1.29, 1.82) is 10.5 Å². The first-order chi connectivity index (χ1) is 8.47. The Labute approximate surface area is 106 Å². The Morgan fingerprint density at radius 2 is 2.00 bits per heavy atom. The van der Waals surface area contributed by atoms with Crippen LogP contribution in [0.2, 0.25) is 0 Å². The van der Waals surface area contributed by atoms with Crippen LogP contribution in [0.5, 0.6) is 0 Å². The molecule has 0 fully saturated rings. The molecule has 1 aromatic heterocycles. The molecule has 3 nitrogen and oxygen atoms in total. The van der Waals surface area contributed by atoms with Crippen molar-refractivity contribution in [3.05, 3.63) is 24.0 Å². The largest absolute Gasteiger partial charge is 0.433 e. The van der Waals surface area contributed by atoms with Gasteiger partial charge in [-0.05, 0) is 18.6 Å². The SMILES string of the molecule is N#CC(C#N)CCSc1ccnc(C(F)(F)F)c1. The molecule has 0 atom stereocenters. The summed E-state index contributed by atoms with van der Waals surface area (Å²) in [7, 11) is 0. The summed E-state index contributed by atoms with van der Waals surface area (Å²) in [6.45, 7) is 0. The molecule has 1 rings (SSSR count). The fourth-order valence-electron chi connectivity index (χ4n) is 1.11. The number of hydrogen-bond donors (Lipinski definition) is 0. The van der Waals surface area contributed by atoms with Crippen LogP contribution in [0.1, 0.15) is 12.1 Å². The Morgan fingerprint density at radius 1 is 1.33 bits per heavy atom. The van der Waals surface area contributed by atoms with Gasteiger partial charge in [0.1, 0.15) is 11.6 Å². The van der Waals surface area contributed by atoms with Gasteiger partial charge in [0.2, 0.25) is 0 Å². The Hall–Kier alpha value is -1.73. The van der Waals surface area contributed by atoms with Crippen molar-refractivity contribution in [3.63, 3.8) is 0 Å². The maximum atomic E-state index is 12.4. The van der Waals surface area contributed by atoms with E-state index in [9.17, 15) is 13.2 Å². The van der Waals surface area contributed by atoms with Crippen molar-refractivity contribution < 1.29 is 13.2 Å². The van der Waals surface area contributed by atoms with E-state index in [1.165, 1.54) is 17.8 Å². The van der Waals surface area contributed by atoms with Crippen molar-refractivity contribution in [3.8, 4) is 12.1 Å². The van der Waals surface area contributed by atoms with Gasteiger partial charge >= 0.3 is 6.18 Å². The highest BCUT2D eigenvalue weighted by Gasteiger charge is 2.32. The van der Waals surface area contributed by atoms with E-state index in [4.69, 9.17) is 10.5 Å². The molecule has 0 saturated heterocycles. The van der Waals surface area contributed by atoms with Gasteiger partial charge in [0.05, 0.1) is 12.1 Å². The molecule has 1 aromatic rings. The second kappa shape index (κ2) is 6.27. The van der Waals surface area contributed by atoms with Gasteiger partial charge in [0.15, 0.2) is 0 Å². The Bertz CT molecular complexity index is 474. The molecular weight excluding hydrogens is 263 g/mol. The molecule has 0 aromatic carbocycles. The van der Waals surface area contributed by atoms with Crippen LogP contribution < -0.4 is 0 Å². The van der Waals surface area contributed by atoms with Crippen LogP contribution in [0, 0.1) is 28.6 Å². The first-order valence-electron chi connectivity index (χ1n) is 4.92. The molecule has 0 N–H and O–H groups in total. The van der Waals surface area contributed by atoms with Crippen molar-refractivity contribution in [2.24, 2.45) is 5.92 Å². The maximum absolute atomic E-state index is 12.4. The summed E-state index contributed by atoms with van der Waals surface area (Å²) < 4.78 is 37.1. The third-order valence-electron chi connectivity index (χ3n) is 2.01. The van der Waals surface area contributed by atoms with Crippen LogP contribution in [-0.2, 0) is 6.18 Å². The van der Waals surface area contributed by atoms with Crippen LogP contribution in [-0.4, -0.2) is 10.7 Å². The van der Waals surface area contributed by atoms with Crippen LogP contribution in [0.25, 0.3) is 0 Å². The minimum atomic E-state index is -4.46. The van der Waals surface area contributed by atoms with Gasteiger partial charge in [-0.3, -0.25) is 4.98 Å². The molecule has 0 bridgehead atoms. The van der Waals surface area contributed by atoms with Gasteiger partial charge < -0.3 is 0 Å². The quantitative estimate of drug-likeness (QED) is 0.789. The number of nitriles is 2. The van der Waals surface area contributed by atoms with E-state index in [1.54, 1.807) is 12.1 Å². The van der Waals surface area contributed by atoms with Gasteiger partial charge in [-0.25, -0.2) is 0 Å². The summed E-state index contributed by atoms with van der Waals surface area (Å²) in [5.74, 6) is -0.311. The zero-order chi connectivity index (χ0) is 13.6. The predicted octanol–water partition coefficient (Wildman–Crippen LogP) is 3.25. The van der Waals surface area contributed by atoms with Crippen LogP contribution in [0.4, 0.5) is 13.2 Å². The number of alkyl halides is 3.